The summed E-state index contributed by atoms with van der Waals surface area (Å²) in [6.07, 6.45) is 1.43. The van der Waals surface area contributed by atoms with Crippen molar-refractivity contribution in [1.82, 2.24) is 34.9 Å². The first-order chi connectivity index (χ1) is 13.1. The largest absolute Gasteiger partial charge is 0.354 e. The van der Waals surface area contributed by atoms with Gasteiger partial charge in [-0.05, 0) is 12.5 Å². The zero-order chi connectivity index (χ0) is 19.0. The third-order valence-corrected chi connectivity index (χ3v) is 4.68. The maximum absolute atomic E-state index is 12.9. The molecule has 0 unspecified atom stereocenters. The number of hydrogen-bond donors (Lipinski definition) is 2. The van der Waals surface area contributed by atoms with Gasteiger partial charge in [0.1, 0.15) is 17.4 Å². The first-order valence-electron chi connectivity index (χ1n) is 8.62. The SMILES string of the molecule is CNC(=O)c1[nH]cnc1-c1nnc2n1[C@H](C)C(=O)N(Cc1ccccc1)C2. The molecule has 2 amide bonds. The van der Waals surface area contributed by atoms with Gasteiger partial charge in [0.2, 0.25) is 5.91 Å². The van der Waals surface area contributed by atoms with Crippen molar-refractivity contribution in [1.29, 1.82) is 0 Å². The summed E-state index contributed by atoms with van der Waals surface area (Å²) < 4.78 is 1.76. The van der Waals surface area contributed by atoms with E-state index in [4.69, 9.17) is 0 Å². The number of nitrogens with zero attached hydrogens (tertiary/aromatic N) is 5. The lowest BCUT2D eigenvalue weighted by molar-refractivity contribution is -0.137. The molecule has 9 heteroatoms. The minimum atomic E-state index is -0.489. The number of aromatic nitrogens is 5. The molecular weight excluding hydrogens is 346 g/mol. The molecule has 0 aliphatic carbocycles. The molecule has 1 atom stereocenters. The molecular formula is C18H19N7O2. The first kappa shape index (κ1) is 17.0. The molecule has 0 bridgehead atoms. The highest BCUT2D eigenvalue weighted by atomic mass is 16.2. The second-order valence-corrected chi connectivity index (χ2v) is 6.37. The van der Waals surface area contributed by atoms with Gasteiger partial charge in [-0.2, -0.15) is 0 Å². The highest BCUT2D eigenvalue weighted by Crippen LogP contribution is 2.29. The Morgan fingerprint density at radius 2 is 2.07 bits per heavy atom. The van der Waals surface area contributed by atoms with E-state index in [9.17, 15) is 9.59 Å². The number of fused-ring (bicyclic) bond motifs is 1. The summed E-state index contributed by atoms with van der Waals surface area (Å²) in [5.74, 6) is 0.744. The average Bonchev–Trinajstić information content (AvgIpc) is 3.32. The molecule has 4 rings (SSSR count). The van der Waals surface area contributed by atoms with E-state index in [-0.39, 0.29) is 11.8 Å². The molecule has 3 heterocycles. The lowest BCUT2D eigenvalue weighted by Gasteiger charge is -2.32. The topological polar surface area (TPSA) is 109 Å². The van der Waals surface area contributed by atoms with Crippen LogP contribution in [0.5, 0.6) is 0 Å². The number of imidazole rings is 1. The summed E-state index contributed by atoms with van der Waals surface area (Å²) in [4.78, 5) is 33.8. The molecule has 0 fully saturated rings. The number of rotatable bonds is 4. The van der Waals surface area contributed by atoms with Crippen molar-refractivity contribution in [3.63, 3.8) is 0 Å². The van der Waals surface area contributed by atoms with Crippen molar-refractivity contribution >= 4 is 11.8 Å². The van der Waals surface area contributed by atoms with Gasteiger partial charge < -0.3 is 15.2 Å². The second-order valence-electron chi connectivity index (χ2n) is 6.37. The third kappa shape index (κ3) is 2.86. The van der Waals surface area contributed by atoms with Crippen LogP contribution in [0.25, 0.3) is 11.5 Å². The van der Waals surface area contributed by atoms with Crippen LogP contribution in [0.1, 0.15) is 34.8 Å². The van der Waals surface area contributed by atoms with E-state index in [1.807, 2.05) is 37.3 Å². The highest BCUT2D eigenvalue weighted by molar-refractivity contribution is 5.97. The van der Waals surface area contributed by atoms with E-state index < -0.39 is 6.04 Å². The Hall–Kier alpha value is -3.49. The molecule has 0 radical (unpaired) electrons. The molecule has 27 heavy (non-hydrogen) atoms. The molecule has 1 aliphatic heterocycles. The fourth-order valence-corrected chi connectivity index (χ4v) is 3.32. The maximum atomic E-state index is 12.9. The van der Waals surface area contributed by atoms with E-state index in [1.165, 1.54) is 6.33 Å². The van der Waals surface area contributed by atoms with Crippen LogP contribution in [0.2, 0.25) is 0 Å². The lowest BCUT2D eigenvalue weighted by Crippen LogP contribution is -2.41. The molecule has 0 spiro atoms. The number of carbonyl (C=O) groups excluding carboxylic acids is 2. The summed E-state index contributed by atoms with van der Waals surface area (Å²) in [6.45, 7) is 2.67. The zero-order valence-corrected chi connectivity index (χ0v) is 15.0. The number of amides is 2. The van der Waals surface area contributed by atoms with Gasteiger partial charge in [-0.15, -0.1) is 10.2 Å². The summed E-state index contributed by atoms with van der Waals surface area (Å²) >= 11 is 0. The Kier molecular flexibility index (Phi) is 4.19. The van der Waals surface area contributed by atoms with Gasteiger partial charge in [0, 0.05) is 13.6 Å². The molecule has 1 aromatic carbocycles. The molecule has 1 aliphatic rings. The minimum Gasteiger partial charge on any atom is -0.354 e. The van der Waals surface area contributed by atoms with Gasteiger partial charge in [0.25, 0.3) is 5.91 Å². The van der Waals surface area contributed by atoms with Crippen molar-refractivity contribution in [2.75, 3.05) is 7.05 Å². The molecule has 3 aromatic rings. The Balaban J connectivity index is 1.68. The Morgan fingerprint density at radius 3 is 2.81 bits per heavy atom. The van der Waals surface area contributed by atoms with Crippen LogP contribution < -0.4 is 5.32 Å². The molecule has 0 saturated heterocycles. The number of H-pyrrole nitrogens is 1. The highest BCUT2D eigenvalue weighted by Gasteiger charge is 2.35. The zero-order valence-electron chi connectivity index (χ0n) is 15.0. The van der Waals surface area contributed by atoms with Crippen LogP contribution in [-0.4, -0.2) is 48.5 Å². The van der Waals surface area contributed by atoms with Crippen molar-refractivity contribution < 1.29 is 9.59 Å². The number of hydrogen-bond acceptors (Lipinski definition) is 5. The summed E-state index contributed by atoms with van der Waals surface area (Å²) in [6, 6.07) is 9.33. The molecule has 2 aromatic heterocycles. The summed E-state index contributed by atoms with van der Waals surface area (Å²) in [5, 5.41) is 11.0. The Morgan fingerprint density at radius 1 is 1.30 bits per heavy atom. The van der Waals surface area contributed by atoms with Crippen molar-refractivity contribution in [3.05, 3.63) is 53.7 Å². The Bertz CT molecular complexity index is 992. The number of aromatic amines is 1. The maximum Gasteiger partial charge on any atom is 0.269 e. The van der Waals surface area contributed by atoms with E-state index >= 15 is 0 Å². The van der Waals surface area contributed by atoms with Gasteiger partial charge in [-0.1, -0.05) is 30.3 Å². The predicted octanol–water partition coefficient (Wildman–Crippen LogP) is 1.13. The fraction of sp³-hybridized carbons (Fsp3) is 0.278. The first-order valence-corrected chi connectivity index (χ1v) is 8.62. The monoisotopic (exact) mass is 365 g/mol. The molecule has 0 saturated carbocycles. The van der Waals surface area contributed by atoms with Crippen LogP contribution in [-0.2, 0) is 17.9 Å². The van der Waals surface area contributed by atoms with Crippen molar-refractivity contribution in [2.24, 2.45) is 0 Å². The van der Waals surface area contributed by atoms with Crippen LogP contribution in [0.15, 0.2) is 36.7 Å². The average molecular weight is 365 g/mol. The van der Waals surface area contributed by atoms with Gasteiger partial charge in [-0.25, -0.2) is 4.98 Å². The lowest BCUT2D eigenvalue weighted by atomic mass is 10.1. The van der Waals surface area contributed by atoms with E-state index in [0.717, 1.165) is 5.56 Å². The van der Waals surface area contributed by atoms with Crippen LogP contribution in [0, 0.1) is 0 Å². The molecule has 138 valence electrons. The molecule has 9 nitrogen and oxygen atoms in total. The normalized spacial score (nSPS) is 16.3. The fourth-order valence-electron chi connectivity index (χ4n) is 3.32. The second kappa shape index (κ2) is 6.67. The number of benzene rings is 1. The minimum absolute atomic E-state index is 0.0237. The van der Waals surface area contributed by atoms with Crippen LogP contribution in [0.3, 0.4) is 0 Å². The van der Waals surface area contributed by atoms with Gasteiger partial charge in [-0.3, -0.25) is 14.2 Å². The van der Waals surface area contributed by atoms with Gasteiger partial charge in [0.05, 0.1) is 12.9 Å². The summed E-state index contributed by atoms with van der Waals surface area (Å²) in [7, 11) is 1.54. The summed E-state index contributed by atoms with van der Waals surface area (Å²) in [5.41, 5.74) is 1.73. The van der Waals surface area contributed by atoms with E-state index in [0.29, 0.717) is 36.1 Å². The van der Waals surface area contributed by atoms with Gasteiger partial charge in [0.15, 0.2) is 11.6 Å². The third-order valence-electron chi connectivity index (χ3n) is 4.68. The van der Waals surface area contributed by atoms with Crippen LogP contribution in [0.4, 0.5) is 0 Å². The quantitative estimate of drug-likeness (QED) is 0.720. The number of carbonyl (C=O) groups is 2. The van der Waals surface area contributed by atoms with Crippen LogP contribution >= 0.6 is 0 Å². The van der Waals surface area contributed by atoms with E-state index in [1.54, 1.807) is 16.5 Å². The van der Waals surface area contributed by atoms with Crippen molar-refractivity contribution in [2.45, 2.75) is 26.1 Å². The van der Waals surface area contributed by atoms with Crippen molar-refractivity contribution in [3.8, 4) is 11.5 Å². The molecule has 2 N–H and O–H groups in total. The smallest absolute Gasteiger partial charge is 0.269 e. The Labute approximate surface area is 155 Å². The van der Waals surface area contributed by atoms with E-state index in [2.05, 4.69) is 25.5 Å². The predicted molar refractivity (Wildman–Crippen MR) is 96.4 cm³/mol. The number of nitrogens with one attached hydrogen (secondary N) is 2. The van der Waals surface area contributed by atoms with Gasteiger partial charge >= 0.3 is 0 Å². The standard InChI is InChI=1S/C18H19N7O2/c1-11-18(27)24(8-12-6-4-3-5-7-12)9-13-22-23-16(25(11)13)14-15(17(26)19-2)21-10-20-14/h3-7,10-11H,8-9H2,1-2H3,(H,19,26)(H,20,21)/t11-/m1/s1.